The van der Waals surface area contributed by atoms with Gasteiger partial charge in [-0.3, -0.25) is 14.5 Å². The van der Waals surface area contributed by atoms with Crippen LogP contribution in [0.4, 0.5) is 4.39 Å². The maximum absolute atomic E-state index is 13.5. The molecule has 3 aromatic rings. The van der Waals surface area contributed by atoms with Gasteiger partial charge in [0.2, 0.25) is 0 Å². The Hall–Kier alpha value is -2.93. The van der Waals surface area contributed by atoms with E-state index in [-0.39, 0.29) is 22.9 Å². The highest BCUT2D eigenvalue weighted by Crippen LogP contribution is 2.30. The Morgan fingerprint density at radius 2 is 1.37 bits per heavy atom. The van der Waals surface area contributed by atoms with Crippen molar-refractivity contribution in [3.05, 3.63) is 93.7 Å². The second-order valence-corrected chi connectivity index (χ2v) is 9.70. The number of piperazine rings is 1. The van der Waals surface area contributed by atoms with Crippen LogP contribution in [-0.2, 0) is 0 Å². The van der Waals surface area contributed by atoms with Gasteiger partial charge < -0.3 is 9.80 Å². The van der Waals surface area contributed by atoms with Crippen LogP contribution in [0.1, 0.15) is 20.7 Å². The molecule has 0 aliphatic carbocycles. The topological polar surface area (TPSA) is 43.9 Å². The molecule has 180 valence electrons. The van der Waals surface area contributed by atoms with E-state index < -0.39 is 5.82 Å². The monoisotopic (exact) mass is 511 g/mol. The first-order valence-corrected chi connectivity index (χ1v) is 12.3. The number of hydrogen-bond acceptors (Lipinski definition) is 3. The van der Waals surface area contributed by atoms with E-state index in [0.717, 1.165) is 24.2 Å². The molecule has 8 heteroatoms. The number of nitrogens with zero attached hydrogens (tertiary/aromatic N) is 3. The Bertz CT molecular complexity index is 1260. The zero-order valence-electron chi connectivity index (χ0n) is 19.0. The average molecular weight is 512 g/mol. The minimum absolute atomic E-state index is 0.0376. The molecule has 0 unspecified atom stereocenters. The molecule has 0 spiro atoms. The van der Waals surface area contributed by atoms with Crippen molar-refractivity contribution in [3.63, 3.8) is 0 Å². The summed E-state index contributed by atoms with van der Waals surface area (Å²) in [5.41, 5.74) is 2.65. The molecule has 3 aromatic carbocycles. The van der Waals surface area contributed by atoms with Gasteiger partial charge in [-0.2, -0.15) is 0 Å². The number of hydrogen-bond donors (Lipinski definition) is 0. The van der Waals surface area contributed by atoms with Crippen molar-refractivity contribution in [1.82, 2.24) is 14.7 Å². The molecule has 0 atom stereocenters. The van der Waals surface area contributed by atoms with Gasteiger partial charge in [0.25, 0.3) is 11.8 Å². The Morgan fingerprint density at radius 1 is 0.743 bits per heavy atom. The molecular formula is C27H24Cl2FN3O2. The molecule has 0 N–H and O–H groups in total. The van der Waals surface area contributed by atoms with Crippen molar-refractivity contribution in [2.45, 2.75) is 6.04 Å². The second-order valence-electron chi connectivity index (χ2n) is 8.88. The van der Waals surface area contributed by atoms with E-state index in [1.165, 1.54) is 12.1 Å². The largest absolute Gasteiger partial charge is 0.336 e. The second kappa shape index (κ2) is 9.97. The Morgan fingerprint density at radius 3 is 2.00 bits per heavy atom. The highest BCUT2D eigenvalue weighted by atomic mass is 35.5. The number of carbonyl (C=O) groups is 2. The van der Waals surface area contributed by atoms with E-state index in [2.05, 4.69) is 4.90 Å². The first-order valence-electron chi connectivity index (χ1n) is 11.5. The number of amides is 2. The summed E-state index contributed by atoms with van der Waals surface area (Å²) in [7, 11) is 0. The predicted octanol–water partition coefficient (Wildman–Crippen LogP) is 5.08. The number of carbonyl (C=O) groups excluding carboxylic acids is 2. The molecule has 5 rings (SSSR count). The number of rotatable bonds is 4. The SMILES string of the molecule is O=C(c1ccccc1)N1CCN(C2CN(C(=O)c3ccc(-c4ccc(F)c(Cl)c4)cc3Cl)C2)CC1. The van der Waals surface area contributed by atoms with Gasteiger partial charge in [0.1, 0.15) is 5.82 Å². The highest BCUT2D eigenvalue weighted by Gasteiger charge is 2.37. The number of benzene rings is 3. The fraction of sp³-hybridized carbons (Fsp3) is 0.259. The quantitative estimate of drug-likeness (QED) is 0.490. The maximum Gasteiger partial charge on any atom is 0.255 e. The van der Waals surface area contributed by atoms with E-state index in [4.69, 9.17) is 23.2 Å². The van der Waals surface area contributed by atoms with Gasteiger partial charge >= 0.3 is 0 Å². The molecular weight excluding hydrogens is 488 g/mol. The average Bonchev–Trinajstić information content (AvgIpc) is 2.85. The summed E-state index contributed by atoms with van der Waals surface area (Å²) in [6.07, 6.45) is 0. The molecule has 0 bridgehead atoms. The lowest BCUT2D eigenvalue weighted by atomic mass is 10.0. The lowest BCUT2D eigenvalue weighted by Gasteiger charge is -2.48. The van der Waals surface area contributed by atoms with Crippen molar-refractivity contribution in [2.24, 2.45) is 0 Å². The van der Waals surface area contributed by atoms with Gasteiger partial charge in [0, 0.05) is 50.9 Å². The molecule has 35 heavy (non-hydrogen) atoms. The summed E-state index contributed by atoms with van der Waals surface area (Å²) in [5, 5.41) is 0.389. The molecule has 2 saturated heterocycles. The van der Waals surface area contributed by atoms with Crippen LogP contribution >= 0.6 is 23.2 Å². The zero-order valence-corrected chi connectivity index (χ0v) is 20.5. The molecule has 2 amide bonds. The van der Waals surface area contributed by atoms with Crippen molar-refractivity contribution in [3.8, 4) is 11.1 Å². The van der Waals surface area contributed by atoms with E-state index >= 15 is 0 Å². The van der Waals surface area contributed by atoms with Crippen LogP contribution in [0, 0.1) is 5.82 Å². The summed E-state index contributed by atoms with van der Waals surface area (Å²) < 4.78 is 13.5. The van der Waals surface area contributed by atoms with Gasteiger partial charge in [0.15, 0.2) is 0 Å². The fourth-order valence-electron chi connectivity index (χ4n) is 4.62. The van der Waals surface area contributed by atoms with E-state index in [9.17, 15) is 14.0 Å². The summed E-state index contributed by atoms with van der Waals surface area (Å²) in [6, 6.07) is 19.3. The van der Waals surface area contributed by atoms with Crippen LogP contribution in [0.5, 0.6) is 0 Å². The minimum Gasteiger partial charge on any atom is -0.336 e. The number of halogens is 3. The van der Waals surface area contributed by atoms with Crippen molar-refractivity contribution >= 4 is 35.0 Å². The minimum atomic E-state index is -0.482. The van der Waals surface area contributed by atoms with Crippen LogP contribution in [0.25, 0.3) is 11.1 Å². The summed E-state index contributed by atoms with van der Waals surface area (Å²) in [5.74, 6) is -0.519. The molecule has 2 aliphatic rings. The van der Waals surface area contributed by atoms with Gasteiger partial charge in [-0.1, -0.05) is 53.5 Å². The zero-order chi connectivity index (χ0) is 24.5. The molecule has 0 aromatic heterocycles. The van der Waals surface area contributed by atoms with E-state index in [0.29, 0.717) is 42.3 Å². The molecule has 0 saturated carbocycles. The van der Waals surface area contributed by atoms with Gasteiger partial charge in [-0.05, 0) is 47.5 Å². The van der Waals surface area contributed by atoms with Crippen LogP contribution in [0.3, 0.4) is 0 Å². The van der Waals surface area contributed by atoms with Gasteiger partial charge in [0.05, 0.1) is 15.6 Å². The van der Waals surface area contributed by atoms with Crippen LogP contribution < -0.4 is 0 Å². The van der Waals surface area contributed by atoms with Crippen molar-refractivity contribution < 1.29 is 14.0 Å². The van der Waals surface area contributed by atoms with Crippen molar-refractivity contribution in [1.29, 1.82) is 0 Å². The number of likely N-dealkylation sites (tertiary alicyclic amines) is 1. The normalized spacial score (nSPS) is 16.8. The Kier molecular flexibility index (Phi) is 6.78. The third-order valence-electron chi connectivity index (χ3n) is 6.74. The summed E-state index contributed by atoms with van der Waals surface area (Å²) in [4.78, 5) is 31.7. The standard InChI is InChI=1S/C27H24Cl2FN3O2/c28-23-14-19(20-7-9-25(30)24(29)15-20)6-8-22(23)27(35)33-16-21(17-33)31-10-12-32(13-11-31)26(34)18-4-2-1-3-5-18/h1-9,14-15,21H,10-13,16-17H2. The van der Waals surface area contributed by atoms with Crippen LogP contribution in [0.2, 0.25) is 10.0 Å². The van der Waals surface area contributed by atoms with Gasteiger partial charge in [-0.25, -0.2) is 4.39 Å². The van der Waals surface area contributed by atoms with E-state index in [1.807, 2.05) is 35.2 Å². The smallest absolute Gasteiger partial charge is 0.255 e. The lowest BCUT2D eigenvalue weighted by molar-refractivity contribution is 0.00855. The first-order chi connectivity index (χ1) is 16.9. The molecule has 2 heterocycles. The van der Waals surface area contributed by atoms with Crippen molar-refractivity contribution in [2.75, 3.05) is 39.3 Å². The third-order valence-corrected chi connectivity index (χ3v) is 7.34. The fourth-order valence-corrected chi connectivity index (χ4v) is 5.06. The van der Waals surface area contributed by atoms with Crippen LogP contribution in [0.15, 0.2) is 66.7 Å². The summed E-state index contributed by atoms with van der Waals surface area (Å²) >= 11 is 12.3. The molecule has 2 aliphatic heterocycles. The molecule has 5 nitrogen and oxygen atoms in total. The van der Waals surface area contributed by atoms with E-state index in [1.54, 1.807) is 29.2 Å². The third kappa shape index (κ3) is 4.92. The van der Waals surface area contributed by atoms with Crippen LogP contribution in [-0.4, -0.2) is 71.8 Å². The molecule has 0 radical (unpaired) electrons. The Balaban J connectivity index is 1.15. The van der Waals surface area contributed by atoms with Gasteiger partial charge in [-0.15, -0.1) is 0 Å². The lowest BCUT2D eigenvalue weighted by Crippen LogP contribution is -2.64. The Labute approximate surface area is 213 Å². The highest BCUT2D eigenvalue weighted by molar-refractivity contribution is 6.34. The maximum atomic E-state index is 13.5. The summed E-state index contributed by atoms with van der Waals surface area (Å²) in [6.45, 7) is 4.22. The molecule has 2 fully saturated rings. The predicted molar refractivity (Wildman–Crippen MR) is 135 cm³/mol. The first kappa shape index (κ1) is 23.8.